The van der Waals surface area contributed by atoms with Gasteiger partial charge in [-0.15, -0.1) is 0 Å². The average molecular weight is 775 g/mol. The third kappa shape index (κ3) is 7.36. The summed E-state index contributed by atoms with van der Waals surface area (Å²) in [5.41, 5.74) is 3.24. The number of hydrogen-bond donors (Lipinski definition) is 2. The largest absolute Gasteiger partial charge is 0.460 e. The molecule has 6 rings (SSSR count). The maximum atomic E-state index is 14.4. The number of nitrogens with zero attached hydrogens (tertiary/aromatic N) is 1. The SMILES string of the molecule is CC(=O)NCCOC(=O)c1ccccc1C(=O)OC1CC[C@@]2(C)C(CC[C@]3(C)[C@@H]2CCC2=C4CC(C)(C)CC[C@]4(C(=O)NCC[N+](C)(C)C)CC[C@]23C)C1(C)C. The van der Waals surface area contributed by atoms with Crippen LogP contribution >= 0.6 is 0 Å². The Bertz CT molecular complexity index is 1760. The van der Waals surface area contributed by atoms with E-state index in [-0.39, 0.29) is 74.7 Å². The van der Waals surface area contributed by atoms with Gasteiger partial charge in [-0.25, -0.2) is 9.59 Å². The zero-order chi connectivity index (χ0) is 41.1. The van der Waals surface area contributed by atoms with Crippen molar-refractivity contribution in [1.29, 1.82) is 0 Å². The number of quaternary nitrogens is 1. The van der Waals surface area contributed by atoms with E-state index in [1.165, 1.54) is 12.5 Å². The molecule has 0 heterocycles. The number of benzene rings is 1. The smallest absolute Gasteiger partial charge is 0.339 e. The van der Waals surface area contributed by atoms with Crippen molar-refractivity contribution in [3.63, 3.8) is 0 Å². The van der Waals surface area contributed by atoms with E-state index in [1.807, 2.05) is 0 Å². The third-order valence-corrected chi connectivity index (χ3v) is 16.3. The predicted molar refractivity (Wildman–Crippen MR) is 220 cm³/mol. The van der Waals surface area contributed by atoms with E-state index in [0.29, 0.717) is 18.4 Å². The second-order valence-corrected chi connectivity index (χ2v) is 21.5. The van der Waals surface area contributed by atoms with Crippen LogP contribution in [0.4, 0.5) is 0 Å². The Labute approximate surface area is 337 Å². The van der Waals surface area contributed by atoms with Crippen molar-refractivity contribution in [2.75, 3.05) is 47.4 Å². The summed E-state index contributed by atoms with van der Waals surface area (Å²) >= 11 is 0. The molecule has 9 heteroatoms. The number of esters is 2. The zero-order valence-electron chi connectivity index (χ0n) is 36.5. The average Bonchev–Trinajstić information content (AvgIpc) is 3.10. The molecule has 310 valence electrons. The Morgan fingerprint density at radius 2 is 1.41 bits per heavy atom. The van der Waals surface area contributed by atoms with Crippen LogP contribution in [0.1, 0.15) is 147 Å². The van der Waals surface area contributed by atoms with Gasteiger partial charge in [-0.2, -0.15) is 0 Å². The molecular weight excluding hydrogens is 703 g/mol. The van der Waals surface area contributed by atoms with E-state index in [9.17, 15) is 19.2 Å². The molecule has 2 N–H and O–H groups in total. The number of rotatable bonds is 10. The van der Waals surface area contributed by atoms with Crippen molar-refractivity contribution < 1.29 is 33.1 Å². The molecule has 0 saturated heterocycles. The minimum atomic E-state index is -0.609. The van der Waals surface area contributed by atoms with Gasteiger partial charge in [0.05, 0.1) is 57.3 Å². The Kier molecular flexibility index (Phi) is 11.3. The first-order valence-electron chi connectivity index (χ1n) is 21.5. The van der Waals surface area contributed by atoms with Crippen molar-refractivity contribution in [1.82, 2.24) is 10.6 Å². The van der Waals surface area contributed by atoms with Crippen molar-refractivity contribution in [2.45, 2.75) is 132 Å². The molecular formula is C47H72N3O6+. The summed E-state index contributed by atoms with van der Waals surface area (Å²) in [7, 11) is 6.55. The van der Waals surface area contributed by atoms with Crippen LogP contribution in [0.15, 0.2) is 35.4 Å². The maximum absolute atomic E-state index is 14.4. The van der Waals surface area contributed by atoms with Crippen LogP contribution in [-0.4, -0.2) is 81.7 Å². The summed E-state index contributed by atoms with van der Waals surface area (Å²) in [6.07, 6.45) is 10.9. The molecule has 1 aromatic rings. The van der Waals surface area contributed by atoms with E-state index < -0.39 is 11.9 Å². The van der Waals surface area contributed by atoms with E-state index in [1.54, 1.807) is 29.8 Å². The van der Waals surface area contributed by atoms with Gasteiger partial charge in [-0.1, -0.05) is 71.7 Å². The van der Waals surface area contributed by atoms with Gasteiger partial charge in [0.1, 0.15) is 12.7 Å². The molecule has 9 nitrogen and oxygen atoms in total. The van der Waals surface area contributed by atoms with Crippen LogP contribution in [-0.2, 0) is 19.1 Å². The molecule has 0 bridgehead atoms. The minimum absolute atomic E-state index is 0.0147. The Balaban J connectivity index is 1.23. The molecule has 0 aliphatic heterocycles. The van der Waals surface area contributed by atoms with E-state index >= 15 is 0 Å². The van der Waals surface area contributed by atoms with Gasteiger partial charge in [0.2, 0.25) is 11.8 Å². The van der Waals surface area contributed by atoms with Gasteiger partial charge in [0, 0.05) is 12.3 Å². The molecule has 56 heavy (non-hydrogen) atoms. The molecule has 5 aliphatic carbocycles. The lowest BCUT2D eigenvalue weighted by Gasteiger charge is -2.71. The van der Waals surface area contributed by atoms with Gasteiger partial charge in [-0.05, 0) is 116 Å². The fraction of sp³-hybridized carbons (Fsp3) is 0.745. The molecule has 4 fully saturated rings. The molecule has 0 radical (unpaired) electrons. The zero-order valence-corrected chi connectivity index (χ0v) is 36.5. The summed E-state index contributed by atoms with van der Waals surface area (Å²) in [4.78, 5) is 52.5. The second kappa shape index (κ2) is 14.9. The minimum Gasteiger partial charge on any atom is -0.460 e. The number of amides is 2. The standard InChI is InChI=1S/C47H71N3O6/c1-31(51)48-27-29-55-39(52)32-14-12-13-15-33(32)40(53)56-38-19-20-44(6)36(43(38,4)5)18-21-46(8)37(44)17-16-34-35-30-42(2,3)22-24-47(35,25-23-45(34,46)7)41(54)49-26-28-50(9,10)11/h12-15,36-38H,16-30H2,1-11H3,(H-,48,49,51,54)/p+1/t36?,37-,38?,44+,45-,46-,47+/m1/s1. The monoisotopic (exact) mass is 775 g/mol. The summed E-state index contributed by atoms with van der Waals surface area (Å²) < 4.78 is 12.6. The van der Waals surface area contributed by atoms with Crippen LogP contribution < -0.4 is 10.6 Å². The highest BCUT2D eigenvalue weighted by molar-refractivity contribution is 6.03. The van der Waals surface area contributed by atoms with Gasteiger partial charge in [0.25, 0.3) is 0 Å². The number of carbonyl (C=O) groups excluding carboxylic acids is 4. The number of nitrogens with one attached hydrogen (secondary N) is 2. The quantitative estimate of drug-likeness (QED) is 0.107. The number of carbonyl (C=O) groups is 4. The number of allylic oxidation sites excluding steroid dienone is 1. The van der Waals surface area contributed by atoms with Crippen molar-refractivity contribution in [3.05, 3.63) is 46.5 Å². The van der Waals surface area contributed by atoms with Gasteiger partial charge >= 0.3 is 11.9 Å². The van der Waals surface area contributed by atoms with Crippen LogP contribution in [0.5, 0.6) is 0 Å². The predicted octanol–water partition coefficient (Wildman–Crippen LogP) is 8.27. The van der Waals surface area contributed by atoms with E-state index in [2.05, 4.69) is 80.2 Å². The summed E-state index contributed by atoms with van der Waals surface area (Å²) in [5.74, 6) is -0.141. The second-order valence-electron chi connectivity index (χ2n) is 21.5. The van der Waals surface area contributed by atoms with E-state index in [4.69, 9.17) is 9.47 Å². The number of hydrogen-bond acceptors (Lipinski definition) is 6. The fourth-order valence-corrected chi connectivity index (χ4v) is 13.0. The first-order chi connectivity index (χ1) is 26.0. The molecule has 2 amide bonds. The summed E-state index contributed by atoms with van der Waals surface area (Å²) in [5, 5.41) is 6.06. The highest BCUT2D eigenvalue weighted by atomic mass is 16.5. The van der Waals surface area contributed by atoms with Gasteiger partial charge in [-0.3, -0.25) is 9.59 Å². The molecule has 5 aliphatic rings. The topological polar surface area (TPSA) is 111 Å². The highest BCUT2D eigenvalue weighted by Gasteiger charge is 2.68. The number of likely N-dealkylation sites (N-methyl/N-ethyl adjacent to an activating group) is 1. The Morgan fingerprint density at radius 3 is 2.07 bits per heavy atom. The molecule has 2 unspecified atom stereocenters. The Hall–Kier alpha value is -3.20. The van der Waals surface area contributed by atoms with Crippen LogP contribution in [0.25, 0.3) is 0 Å². The lowest BCUT2D eigenvalue weighted by atomic mass is 9.34. The van der Waals surface area contributed by atoms with Crippen molar-refractivity contribution in [2.24, 2.45) is 44.3 Å². The third-order valence-electron chi connectivity index (χ3n) is 16.3. The summed E-state index contributed by atoms with van der Waals surface area (Å²) in [6, 6.07) is 6.68. The summed E-state index contributed by atoms with van der Waals surface area (Å²) in [6.45, 7) is 20.4. The van der Waals surface area contributed by atoms with E-state index in [0.717, 1.165) is 81.7 Å². The maximum Gasteiger partial charge on any atom is 0.339 e. The highest BCUT2D eigenvalue weighted by Crippen LogP contribution is 2.75. The molecule has 0 spiro atoms. The molecule has 0 aromatic heterocycles. The van der Waals surface area contributed by atoms with Crippen molar-refractivity contribution >= 4 is 23.8 Å². The van der Waals surface area contributed by atoms with Crippen molar-refractivity contribution in [3.8, 4) is 0 Å². The first-order valence-corrected chi connectivity index (χ1v) is 21.5. The van der Waals surface area contributed by atoms with Gasteiger partial charge < -0.3 is 24.6 Å². The van der Waals surface area contributed by atoms with Gasteiger partial charge in [0.15, 0.2) is 0 Å². The fourth-order valence-electron chi connectivity index (χ4n) is 13.0. The van der Waals surface area contributed by atoms with Crippen LogP contribution in [0.2, 0.25) is 0 Å². The van der Waals surface area contributed by atoms with Crippen LogP contribution in [0, 0.1) is 44.3 Å². The Morgan fingerprint density at radius 1 is 0.750 bits per heavy atom. The normalized spacial score (nSPS) is 34.4. The molecule has 7 atom stereocenters. The lowest BCUT2D eigenvalue weighted by molar-refractivity contribution is -0.869. The number of fused-ring (bicyclic) bond motifs is 6. The molecule has 1 aromatic carbocycles. The lowest BCUT2D eigenvalue weighted by Crippen LogP contribution is -2.64. The number of ether oxygens (including phenoxy) is 2. The first kappa shape index (κ1) is 42.4. The molecule has 4 saturated carbocycles. The van der Waals surface area contributed by atoms with Crippen LogP contribution in [0.3, 0.4) is 0 Å².